The molecule has 1 aromatic rings. The molecular weight excluding hydrogens is 282 g/mol. The van der Waals surface area contributed by atoms with Gasteiger partial charge in [0.1, 0.15) is 0 Å². The lowest BCUT2D eigenvalue weighted by molar-refractivity contribution is -0.139. The maximum atomic E-state index is 11.4. The number of halogens is 1. The molecule has 94 valence electrons. The lowest BCUT2D eigenvalue weighted by atomic mass is 9.81. The second-order valence-corrected chi connectivity index (χ2v) is 6.25. The van der Waals surface area contributed by atoms with Crippen molar-refractivity contribution in [2.75, 3.05) is 5.73 Å². The molecule has 0 amide bonds. The van der Waals surface area contributed by atoms with Gasteiger partial charge in [0, 0.05) is 10.2 Å². The zero-order valence-electron chi connectivity index (χ0n) is 10.3. The van der Waals surface area contributed by atoms with Crippen LogP contribution < -0.4 is 5.73 Å². The minimum Gasteiger partial charge on any atom is -0.481 e. The summed E-state index contributed by atoms with van der Waals surface area (Å²) in [5.74, 6) is -1.39. The third-order valence-electron chi connectivity index (χ3n) is 2.58. The number of hydrogen-bond donors (Lipinski definition) is 2. The number of carboxylic acids is 1. The predicted molar refractivity (Wildman–Crippen MR) is 73.0 cm³/mol. The van der Waals surface area contributed by atoms with Crippen molar-refractivity contribution in [3.8, 4) is 0 Å². The molecule has 0 radical (unpaired) electrons. The molecule has 0 fully saturated rings. The molecule has 1 rings (SSSR count). The minimum atomic E-state index is -0.829. The molecule has 17 heavy (non-hydrogen) atoms. The van der Waals surface area contributed by atoms with Crippen molar-refractivity contribution >= 4 is 27.6 Å². The number of rotatable bonds is 3. The van der Waals surface area contributed by atoms with Crippen LogP contribution in [0.1, 0.15) is 38.7 Å². The highest BCUT2D eigenvalue weighted by Gasteiger charge is 2.27. The van der Waals surface area contributed by atoms with E-state index in [4.69, 9.17) is 5.73 Å². The van der Waals surface area contributed by atoms with E-state index in [9.17, 15) is 9.90 Å². The Kier molecular flexibility index (Phi) is 4.20. The first-order valence-corrected chi connectivity index (χ1v) is 6.28. The highest BCUT2D eigenvalue weighted by atomic mass is 79.9. The molecule has 4 heteroatoms. The van der Waals surface area contributed by atoms with E-state index < -0.39 is 11.9 Å². The van der Waals surface area contributed by atoms with Crippen LogP contribution in [0.15, 0.2) is 22.7 Å². The standard InChI is InChI=1S/C13H18BrNO2/c1-13(2,3)7-9(12(16)17)8-5-4-6-10(14)11(8)15/h4-6,9H,7,15H2,1-3H3,(H,16,17). The highest BCUT2D eigenvalue weighted by molar-refractivity contribution is 9.10. The minimum absolute atomic E-state index is 0.0577. The van der Waals surface area contributed by atoms with Crippen LogP contribution in [0.4, 0.5) is 5.69 Å². The number of aliphatic carboxylic acids is 1. The van der Waals surface area contributed by atoms with Gasteiger partial charge < -0.3 is 10.8 Å². The molecule has 0 aliphatic rings. The van der Waals surface area contributed by atoms with E-state index in [-0.39, 0.29) is 5.41 Å². The van der Waals surface area contributed by atoms with Gasteiger partial charge in [-0.1, -0.05) is 32.9 Å². The van der Waals surface area contributed by atoms with E-state index in [1.807, 2.05) is 32.9 Å². The van der Waals surface area contributed by atoms with Gasteiger partial charge in [-0.05, 0) is 39.4 Å². The van der Waals surface area contributed by atoms with Gasteiger partial charge in [-0.25, -0.2) is 0 Å². The van der Waals surface area contributed by atoms with Gasteiger partial charge in [-0.3, -0.25) is 4.79 Å². The van der Waals surface area contributed by atoms with Crippen molar-refractivity contribution in [1.82, 2.24) is 0 Å². The van der Waals surface area contributed by atoms with Crippen molar-refractivity contribution < 1.29 is 9.90 Å². The number of carbonyl (C=O) groups is 1. The van der Waals surface area contributed by atoms with Crippen LogP contribution in [0, 0.1) is 5.41 Å². The number of nitrogen functional groups attached to an aromatic ring is 1. The number of carboxylic acid groups (broad SMARTS) is 1. The fraction of sp³-hybridized carbons (Fsp3) is 0.462. The molecule has 0 saturated heterocycles. The summed E-state index contributed by atoms with van der Waals surface area (Å²) in [6.07, 6.45) is 0.559. The van der Waals surface area contributed by atoms with Crippen molar-refractivity contribution in [2.45, 2.75) is 33.1 Å². The van der Waals surface area contributed by atoms with E-state index >= 15 is 0 Å². The number of anilines is 1. The number of benzene rings is 1. The lowest BCUT2D eigenvalue weighted by Crippen LogP contribution is -2.20. The zero-order valence-corrected chi connectivity index (χ0v) is 11.9. The summed E-state index contributed by atoms with van der Waals surface area (Å²) in [7, 11) is 0. The van der Waals surface area contributed by atoms with Crippen molar-refractivity contribution in [2.24, 2.45) is 5.41 Å². The van der Waals surface area contributed by atoms with Crippen molar-refractivity contribution in [3.05, 3.63) is 28.2 Å². The molecule has 1 aromatic carbocycles. The van der Waals surface area contributed by atoms with E-state index in [0.29, 0.717) is 17.7 Å². The summed E-state index contributed by atoms with van der Waals surface area (Å²) < 4.78 is 0.746. The Morgan fingerprint density at radius 1 is 1.47 bits per heavy atom. The monoisotopic (exact) mass is 299 g/mol. The first-order valence-electron chi connectivity index (χ1n) is 5.49. The summed E-state index contributed by atoms with van der Waals surface area (Å²) in [6.45, 7) is 6.07. The first kappa shape index (κ1) is 14.0. The van der Waals surface area contributed by atoms with E-state index in [2.05, 4.69) is 15.9 Å². The summed E-state index contributed by atoms with van der Waals surface area (Å²) in [6, 6.07) is 5.41. The molecule has 0 heterocycles. The quantitative estimate of drug-likeness (QED) is 0.838. The Morgan fingerprint density at radius 3 is 2.53 bits per heavy atom. The molecule has 0 bridgehead atoms. The van der Waals surface area contributed by atoms with Crippen LogP contribution in [0.2, 0.25) is 0 Å². The van der Waals surface area contributed by atoms with Gasteiger partial charge in [0.05, 0.1) is 5.92 Å². The molecule has 0 aliphatic carbocycles. The van der Waals surface area contributed by atoms with E-state index in [1.54, 1.807) is 6.07 Å². The smallest absolute Gasteiger partial charge is 0.311 e. The van der Waals surface area contributed by atoms with Gasteiger partial charge in [0.15, 0.2) is 0 Å². The van der Waals surface area contributed by atoms with Crippen LogP contribution in [-0.2, 0) is 4.79 Å². The lowest BCUT2D eigenvalue weighted by Gasteiger charge is -2.24. The second-order valence-electron chi connectivity index (χ2n) is 5.40. The zero-order chi connectivity index (χ0) is 13.2. The summed E-state index contributed by atoms with van der Waals surface area (Å²) >= 11 is 3.33. The molecule has 0 aromatic heterocycles. The molecule has 3 N–H and O–H groups in total. The fourth-order valence-corrected chi connectivity index (χ4v) is 2.18. The Hall–Kier alpha value is -1.03. The van der Waals surface area contributed by atoms with Crippen molar-refractivity contribution in [3.63, 3.8) is 0 Å². The van der Waals surface area contributed by atoms with Crippen LogP contribution in [0.25, 0.3) is 0 Å². The van der Waals surface area contributed by atoms with Gasteiger partial charge >= 0.3 is 5.97 Å². The van der Waals surface area contributed by atoms with Gasteiger partial charge in [0.2, 0.25) is 0 Å². The summed E-state index contributed by atoms with van der Waals surface area (Å²) in [5, 5.41) is 9.33. The second kappa shape index (κ2) is 5.08. The first-order chi connectivity index (χ1) is 7.72. The summed E-state index contributed by atoms with van der Waals surface area (Å²) in [4.78, 5) is 11.4. The highest BCUT2D eigenvalue weighted by Crippen LogP contribution is 2.36. The SMILES string of the molecule is CC(C)(C)CC(C(=O)O)c1cccc(Br)c1N. The third kappa shape index (κ3) is 3.73. The number of nitrogens with two attached hydrogens (primary N) is 1. The van der Waals surface area contributed by atoms with Crippen LogP contribution in [0.5, 0.6) is 0 Å². The molecule has 0 spiro atoms. The average molecular weight is 300 g/mol. The molecule has 0 aliphatic heterocycles. The maximum Gasteiger partial charge on any atom is 0.311 e. The summed E-state index contributed by atoms with van der Waals surface area (Å²) in [5.41, 5.74) is 7.07. The Bertz CT molecular complexity index is 424. The molecule has 1 atom stereocenters. The Labute approximate surface area is 110 Å². The van der Waals surface area contributed by atoms with Crippen LogP contribution in [0.3, 0.4) is 0 Å². The molecule has 3 nitrogen and oxygen atoms in total. The van der Waals surface area contributed by atoms with Crippen molar-refractivity contribution in [1.29, 1.82) is 0 Å². The Morgan fingerprint density at radius 2 is 2.06 bits per heavy atom. The number of hydrogen-bond acceptors (Lipinski definition) is 2. The van der Waals surface area contributed by atoms with Crippen LogP contribution >= 0.6 is 15.9 Å². The van der Waals surface area contributed by atoms with Gasteiger partial charge in [-0.15, -0.1) is 0 Å². The molecular formula is C13H18BrNO2. The van der Waals surface area contributed by atoms with E-state index in [0.717, 1.165) is 4.47 Å². The van der Waals surface area contributed by atoms with E-state index in [1.165, 1.54) is 0 Å². The number of para-hydroxylation sites is 1. The molecule has 0 saturated carbocycles. The average Bonchev–Trinajstić information content (AvgIpc) is 2.17. The van der Waals surface area contributed by atoms with Gasteiger partial charge in [0.25, 0.3) is 0 Å². The van der Waals surface area contributed by atoms with Crippen LogP contribution in [-0.4, -0.2) is 11.1 Å². The van der Waals surface area contributed by atoms with Gasteiger partial charge in [-0.2, -0.15) is 0 Å². The largest absolute Gasteiger partial charge is 0.481 e. The predicted octanol–water partition coefficient (Wildman–Crippen LogP) is 3.64. The third-order valence-corrected chi connectivity index (χ3v) is 3.27. The Balaban J connectivity index is 3.15. The molecule has 1 unspecified atom stereocenters. The maximum absolute atomic E-state index is 11.4. The fourth-order valence-electron chi connectivity index (χ4n) is 1.80. The normalized spacial score (nSPS) is 13.4. The topological polar surface area (TPSA) is 63.3 Å².